The summed E-state index contributed by atoms with van der Waals surface area (Å²) in [5, 5.41) is 10.7. The Hall–Kier alpha value is -1.51. The zero-order valence-electron chi connectivity index (χ0n) is 9.15. The van der Waals surface area contributed by atoms with Crippen molar-refractivity contribution in [3.05, 3.63) is 52.5 Å². The van der Waals surface area contributed by atoms with E-state index in [1.54, 1.807) is 6.07 Å². The third kappa shape index (κ3) is 1.45. The Kier molecular flexibility index (Phi) is 2.35. The maximum atomic E-state index is 9.99. The Morgan fingerprint density at radius 3 is 2.76 bits per heavy atom. The van der Waals surface area contributed by atoms with Gasteiger partial charge in [0.05, 0.1) is 0 Å². The minimum Gasteiger partial charge on any atom is -0.507 e. The van der Waals surface area contributed by atoms with E-state index in [0.717, 1.165) is 22.3 Å². The molecule has 0 bridgehead atoms. The van der Waals surface area contributed by atoms with Crippen LogP contribution in [0.5, 0.6) is 5.75 Å². The molecule has 1 unspecified atom stereocenters. The van der Waals surface area contributed by atoms with Crippen LogP contribution in [0.15, 0.2) is 36.4 Å². The van der Waals surface area contributed by atoms with Crippen LogP contribution in [0.1, 0.15) is 17.0 Å². The number of hydrogen-bond donors (Lipinski definition) is 2. The number of phenolic OH excluding ortho intramolecular Hbond substituents is 1. The molecule has 3 heteroatoms. The second-order valence-electron chi connectivity index (χ2n) is 4.26. The molecule has 0 spiro atoms. The number of aromatic hydroxyl groups is 1. The van der Waals surface area contributed by atoms with Crippen molar-refractivity contribution in [2.24, 2.45) is 5.73 Å². The van der Waals surface area contributed by atoms with Gasteiger partial charge in [-0.2, -0.15) is 0 Å². The van der Waals surface area contributed by atoms with E-state index in [9.17, 15) is 5.11 Å². The van der Waals surface area contributed by atoms with E-state index in [1.807, 2.05) is 30.3 Å². The molecule has 3 rings (SSSR count). The van der Waals surface area contributed by atoms with Gasteiger partial charge in [0.25, 0.3) is 0 Å². The first-order valence-electron chi connectivity index (χ1n) is 5.54. The lowest BCUT2D eigenvalue weighted by Crippen LogP contribution is -2.11. The molecule has 0 aromatic heterocycles. The topological polar surface area (TPSA) is 46.2 Å². The fourth-order valence-corrected chi connectivity index (χ4v) is 2.79. The third-order valence-corrected chi connectivity index (χ3v) is 3.58. The minimum absolute atomic E-state index is 0.130. The van der Waals surface area contributed by atoms with E-state index in [0.29, 0.717) is 17.3 Å². The van der Waals surface area contributed by atoms with Gasteiger partial charge in [-0.3, -0.25) is 0 Å². The van der Waals surface area contributed by atoms with Crippen molar-refractivity contribution in [3.8, 4) is 16.9 Å². The van der Waals surface area contributed by atoms with Crippen LogP contribution in [0, 0.1) is 0 Å². The van der Waals surface area contributed by atoms with Crippen LogP contribution in [-0.4, -0.2) is 11.7 Å². The molecule has 1 atom stereocenters. The van der Waals surface area contributed by atoms with Gasteiger partial charge in [0.1, 0.15) is 5.75 Å². The number of rotatable bonds is 1. The molecule has 3 N–H and O–H groups in total. The van der Waals surface area contributed by atoms with Crippen LogP contribution in [0.3, 0.4) is 0 Å². The maximum absolute atomic E-state index is 9.99. The molecule has 17 heavy (non-hydrogen) atoms. The molecule has 2 nitrogen and oxygen atoms in total. The molecule has 0 amide bonds. The lowest BCUT2D eigenvalue weighted by Gasteiger charge is -2.10. The van der Waals surface area contributed by atoms with Gasteiger partial charge in [-0.05, 0) is 34.9 Å². The second kappa shape index (κ2) is 3.76. The van der Waals surface area contributed by atoms with Crippen molar-refractivity contribution in [1.29, 1.82) is 0 Å². The second-order valence-corrected chi connectivity index (χ2v) is 4.70. The van der Waals surface area contributed by atoms with Crippen LogP contribution in [0.2, 0.25) is 5.02 Å². The number of hydrogen-bond acceptors (Lipinski definition) is 2. The standard InChI is InChI=1S/C14H12ClNO/c15-8-4-5-10-11(6-8)12(7-16)9-2-1-3-13(17)14(9)10/h1-6,12,17H,7,16H2. The van der Waals surface area contributed by atoms with E-state index in [1.165, 1.54) is 0 Å². The molecular weight excluding hydrogens is 234 g/mol. The molecule has 0 saturated carbocycles. The van der Waals surface area contributed by atoms with Crippen LogP contribution < -0.4 is 5.73 Å². The molecule has 0 aliphatic heterocycles. The zero-order chi connectivity index (χ0) is 12.0. The lowest BCUT2D eigenvalue weighted by molar-refractivity contribution is 0.477. The van der Waals surface area contributed by atoms with Gasteiger partial charge in [0.2, 0.25) is 0 Å². The lowest BCUT2D eigenvalue weighted by atomic mass is 9.97. The highest BCUT2D eigenvalue weighted by Crippen LogP contribution is 2.48. The van der Waals surface area contributed by atoms with Crippen LogP contribution in [0.25, 0.3) is 11.1 Å². The fraction of sp³-hybridized carbons (Fsp3) is 0.143. The Balaban J connectivity index is 2.34. The monoisotopic (exact) mass is 245 g/mol. The van der Waals surface area contributed by atoms with E-state index < -0.39 is 0 Å². The molecule has 86 valence electrons. The predicted octanol–water partition coefficient (Wildman–Crippen LogP) is 3.12. The highest BCUT2D eigenvalue weighted by atomic mass is 35.5. The van der Waals surface area contributed by atoms with E-state index in [2.05, 4.69) is 0 Å². The first kappa shape index (κ1) is 10.6. The van der Waals surface area contributed by atoms with Crippen LogP contribution in [-0.2, 0) is 0 Å². The zero-order valence-corrected chi connectivity index (χ0v) is 9.91. The van der Waals surface area contributed by atoms with Gasteiger partial charge in [-0.15, -0.1) is 0 Å². The number of phenols is 1. The number of fused-ring (bicyclic) bond motifs is 3. The summed E-state index contributed by atoms with van der Waals surface area (Å²) in [5.74, 6) is 0.438. The Morgan fingerprint density at radius 2 is 2.00 bits per heavy atom. The Morgan fingerprint density at radius 1 is 1.18 bits per heavy atom. The van der Waals surface area contributed by atoms with Gasteiger partial charge < -0.3 is 10.8 Å². The van der Waals surface area contributed by atoms with Crippen LogP contribution in [0.4, 0.5) is 0 Å². The third-order valence-electron chi connectivity index (χ3n) is 3.34. The normalized spacial score (nSPS) is 16.7. The molecule has 0 heterocycles. The molecule has 2 aromatic rings. The fourth-order valence-electron chi connectivity index (χ4n) is 2.61. The van der Waals surface area contributed by atoms with E-state index in [-0.39, 0.29) is 5.92 Å². The largest absolute Gasteiger partial charge is 0.507 e. The number of benzene rings is 2. The molecule has 2 aromatic carbocycles. The Labute approximate surface area is 105 Å². The summed E-state index contributed by atoms with van der Waals surface area (Å²) >= 11 is 6.02. The summed E-state index contributed by atoms with van der Waals surface area (Å²) in [6.45, 7) is 0.518. The maximum Gasteiger partial charge on any atom is 0.123 e. The van der Waals surface area contributed by atoms with Crippen molar-refractivity contribution < 1.29 is 5.11 Å². The minimum atomic E-state index is 0.130. The summed E-state index contributed by atoms with van der Waals surface area (Å²) in [6, 6.07) is 11.3. The summed E-state index contributed by atoms with van der Waals surface area (Å²) in [6.07, 6.45) is 0. The van der Waals surface area contributed by atoms with Gasteiger partial charge in [0.15, 0.2) is 0 Å². The highest BCUT2D eigenvalue weighted by molar-refractivity contribution is 6.30. The van der Waals surface area contributed by atoms with Gasteiger partial charge in [0, 0.05) is 23.0 Å². The number of halogens is 1. The first-order valence-corrected chi connectivity index (χ1v) is 5.92. The van der Waals surface area contributed by atoms with Crippen molar-refractivity contribution in [2.75, 3.05) is 6.54 Å². The summed E-state index contributed by atoms with van der Waals surface area (Å²) in [7, 11) is 0. The van der Waals surface area contributed by atoms with Gasteiger partial charge in [-0.25, -0.2) is 0 Å². The van der Waals surface area contributed by atoms with Crippen molar-refractivity contribution >= 4 is 11.6 Å². The van der Waals surface area contributed by atoms with Crippen molar-refractivity contribution in [2.45, 2.75) is 5.92 Å². The summed E-state index contributed by atoms with van der Waals surface area (Å²) in [5.41, 5.74) is 9.97. The molecular formula is C14H12ClNO. The van der Waals surface area contributed by atoms with Crippen LogP contribution >= 0.6 is 11.6 Å². The van der Waals surface area contributed by atoms with E-state index >= 15 is 0 Å². The molecule has 1 aliphatic carbocycles. The highest BCUT2D eigenvalue weighted by Gasteiger charge is 2.29. The SMILES string of the molecule is NCC1c2cc(Cl)ccc2-c2c(O)cccc21. The first-order chi connectivity index (χ1) is 8.22. The molecule has 1 aliphatic rings. The molecule has 0 saturated heterocycles. The quantitative estimate of drug-likeness (QED) is 0.811. The predicted molar refractivity (Wildman–Crippen MR) is 69.5 cm³/mol. The summed E-state index contributed by atoms with van der Waals surface area (Å²) in [4.78, 5) is 0. The smallest absolute Gasteiger partial charge is 0.123 e. The van der Waals surface area contributed by atoms with Gasteiger partial charge in [-0.1, -0.05) is 29.8 Å². The Bertz CT molecular complexity index is 595. The molecule has 0 fully saturated rings. The average Bonchev–Trinajstić information content (AvgIpc) is 2.63. The molecule has 0 radical (unpaired) electrons. The van der Waals surface area contributed by atoms with Gasteiger partial charge >= 0.3 is 0 Å². The van der Waals surface area contributed by atoms with Crippen molar-refractivity contribution in [1.82, 2.24) is 0 Å². The van der Waals surface area contributed by atoms with E-state index in [4.69, 9.17) is 17.3 Å². The number of nitrogens with two attached hydrogens (primary N) is 1. The van der Waals surface area contributed by atoms with Crippen molar-refractivity contribution in [3.63, 3.8) is 0 Å². The average molecular weight is 246 g/mol. The summed E-state index contributed by atoms with van der Waals surface area (Å²) < 4.78 is 0.